The van der Waals surface area contributed by atoms with Gasteiger partial charge in [0.2, 0.25) is 0 Å². The lowest BCUT2D eigenvalue weighted by atomic mass is 9.96. The fraction of sp³-hybridized carbons (Fsp3) is 0.533. The molecule has 1 aromatic carbocycles. The van der Waals surface area contributed by atoms with E-state index in [-0.39, 0.29) is 11.9 Å². The van der Waals surface area contributed by atoms with Crippen LogP contribution in [0.4, 0.5) is 0 Å². The Kier molecular flexibility index (Phi) is 4.91. The van der Waals surface area contributed by atoms with Crippen molar-refractivity contribution < 1.29 is 14.3 Å². The van der Waals surface area contributed by atoms with Gasteiger partial charge >= 0.3 is 0 Å². The van der Waals surface area contributed by atoms with E-state index in [2.05, 4.69) is 0 Å². The molecule has 1 rings (SSSR count). The maximum Gasteiger partial charge on any atom is 0.194 e. The van der Waals surface area contributed by atoms with Gasteiger partial charge in [-0.15, -0.1) is 0 Å². The molecule has 0 atom stereocenters. The molecular weight excluding hydrogens is 228 g/mol. The van der Waals surface area contributed by atoms with Gasteiger partial charge in [0.05, 0.1) is 6.10 Å². The second-order valence-electron chi connectivity index (χ2n) is 4.97. The van der Waals surface area contributed by atoms with Crippen molar-refractivity contribution in [3.05, 3.63) is 29.8 Å². The Bertz CT molecular complexity index is 408. The fourth-order valence-corrected chi connectivity index (χ4v) is 1.76. The molecular formula is C15H22O3. The van der Waals surface area contributed by atoms with Crippen molar-refractivity contribution in [2.75, 3.05) is 6.61 Å². The number of ether oxygens (including phenoxy) is 2. The highest BCUT2D eigenvalue weighted by Gasteiger charge is 2.29. The average molecular weight is 250 g/mol. The second-order valence-corrected chi connectivity index (χ2v) is 4.97. The summed E-state index contributed by atoms with van der Waals surface area (Å²) in [4.78, 5) is 12.3. The van der Waals surface area contributed by atoms with Gasteiger partial charge in [0.15, 0.2) is 5.78 Å². The molecule has 0 amide bonds. The van der Waals surface area contributed by atoms with Gasteiger partial charge in [-0.1, -0.05) is 12.1 Å². The van der Waals surface area contributed by atoms with E-state index < -0.39 is 5.60 Å². The molecule has 0 N–H and O–H groups in total. The van der Waals surface area contributed by atoms with Crippen LogP contribution < -0.4 is 4.74 Å². The van der Waals surface area contributed by atoms with E-state index in [9.17, 15) is 4.79 Å². The van der Waals surface area contributed by atoms with Crippen LogP contribution >= 0.6 is 0 Å². The summed E-state index contributed by atoms with van der Waals surface area (Å²) in [7, 11) is 0. The van der Waals surface area contributed by atoms with Crippen LogP contribution in [-0.4, -0.2) is 24.1 Å². The van der Waals surface area contributed by atoms with E-state index in [1.807, 2.05) is 32.9 Å². The van der Waals surface area contributed by atoms with Crippen molar-refractivity contribution in [1.29, 1.82) is 0 Å². The molecule has 0 saturated heterocycles. The minimum Gasteiger partial charge on any atom is -0.491 e. The molecule has 3 nitrogen and oxygen atoms in total. The molecule has 0 fully saturated rings. The molecule has 0 aliphatic heterocycles. The first-order valence-electron chi connectivity index (χ1n) is 6.32. The molecule has 0 aromatic heterocycles. The molecule has 100 valence electrons. The standard InChI is InChI=1S/C15H22O3/c1-6-17-15(4,5)14(16)12-8-7-9-13(10-12)18-11(2)3/h7-11H,6H2,1-5H3. The van der Waals surface area contributed by atoms with E-state index in [1.165, 1.54) is 0 Å². The molecule has 0 spiro atoms. The molecule has 0 aliphatic rings. The van der Waals surface area contributed by atoms with Crippen LogP contribution in [-0.2, 0) is 4.74 Å². The van der Waals surface area contributed by atoms with Crippen molar-refractivity contribution in [3.63, 3.8) is 0 Å². The van der Waals surface area contributed by atoms with E-state index in [1.54, 1.807) is 26.0 Å². The van der Waals surface area contributed by atoms with Crippen LogP contribution in [0, 0.1) is 0 Å². The van der Waals surface area contributed by atoms with E-state index >= 15 is 0 Å². The molecule has 3 heteroatoms. The SMILES string of the molecule is CCOC(C)(C)C(=O)c1cccc(OC(C)C)c1. The maximum atomic E-state index is 12.3. The van der Waals surface area contributed by atoms with E-state index in [0.29, 0.717) is 17.9 Å². The highest BCUT2D eigenvalue weighted by Crippen LogP contribution is 2.21. The molecule has 18 heavy (non-hydrogen) atoms. The van der Waals surface area contributed by atoms with Crippen LogP contribution in [0.15, 0.2) is 24.3 Å². The van der Waals surface area contributed by atoms with Gasteiger partial charge in [0.25, 0.3) is 0 Å². The third-order valence-corrected chi connectivity index (χ3v) is 2.52. The summed E-state index contributed by atoms with van der Waals surface area (Å²) in [6.45, 7) is 9.88. The van der Waals surface area contributed by atoms with Gasteiger partial charge in [-0.2, -0.15) is 0 Å². The minimum absolute atomic E-state index is 0.0291. The first-order chi connectivity index (χ1) is 8.36. The predicted octanol–water partition coefficient (Wildman–Crippen LogP) is 3.47. The topological polar surface area (TPSA) is 35.5 Å². The van der Waals surface area contributed by atoms with E-state index in [0.717, 1.165) is 0 Å². The zero-order valence-electron chi connectivity index (χ0n) is 11.8. The van der Waals surface area contributed by atoms with Crippen LogP contribution in [0.1, 0.15) is 45.0 Å². The maximum absolute atomic E-state index is 12.3. The highest BCUT2D eigenvalue weighted by molar-refractivity contribution is 6.02. The molecule has 0 saturated carbocycles. The minimum atomic E-state index is -0.800. The van der Waals surface area contributed by atoms with Gasteiger partial charge in [-0.05, 0) is 46.8 Å². The summed E-state index contributed by atoms with van der Waals surface area (Å²) in [5.41, 5.74) is -0.183. The Morgan fingerprint density at radius 2 is 2.00 bits per heavy atom. The Balaban J connectivity index is 2.92. The summed E-state index contributed by atoms with van der Waals surface area (Å²) in [6.07, 6.45) is 0.0928. The summed E-state index contributed by atoms with van der Waals surface area (Å²) in [5.74, 6) is 0.682. The fourth-order valence-electron chi connectivity index (χ4n) is 1.76. The van der Waals surface area contributed by atoms with Gasteiger partial charge in [0.1, 0.15) is 11.4 Å². The molecule has 0 bridgehead atoms. The number of benzene rings is 1. The van der Waals surface area contributed by atoms with Crippen LogP contribution in [0.25, 0.3) is 0 Å². The number of carbonyl (C=O) groups is 1. The molecule has 0 radical (unpaired) electrons. The lowest BCUT2D eigenvalue weighted by molar-refractivity contribution is 0.00124. The zero-order chi connectivity index (χ0) is 13.8. The Morgan fingerprint density at radius 1 is 1.33 bits per heavy atom. The summed E-state index contributed by atoms with van der Waals surface area (Å²) < 4.78 is 11.1. The average Bonchev–Trinajstić information content (AvgIpc) is 2.27. The van der Waals surface area contributed by atoms with Gasteiger partial charge in [0, 0.05) is 12.2 Å². The van der Waals surface area contributed by atoms with Gasteiger partial charge < -0.3 is 9.47 Å². The second kappa shape index (κ2) is 6.01. The lowest BCUT2D eigenvalue weighted by Crippen LogP contribution is -2.35. The number of rotatable bonds is 6. The molecule has 0 unspecified atom stereocenters. The van der Waals surface area contributed by atoms with Crippen molar-refractivity contribution in [3.8, 4) is 5.75 Å². The van der Waals surface area contributed by atoms with Gasteiger partial charge in [-0.3, -0.25) is 4.79 Å². The number of hydrogen-bond acceptors (Lipinski definition) is 3. The number of hydrogen-bond donors (Lipinski definition) is 0. The third kappa shape index (κ3) is 3.84. The monoisotopic (exact) mass is 250 g/mol. The zero-order valence-corrected chi connectivity index (χ0v) is 11.8. The number of ketones is 1. The Labute approximate surface area is 109 Å². The largest absolute Gasteiger partial charge is 0.491 e. The highest BCUT2D eigenvalue weighted by atomic mass is 16.5. The van der Waals surface area contributed by atoms with Crippen LogP contribution in [0.3, 0.4) is 0 Å². The summed E-state index contributed by atoms with van der Waals surface area (Å²) in [5, 5.41) is 0. The third-order valence-electron chi connectivity index (χ3n) is 2.52. The van der Waals surface area contributed by atoms with Gasteiger partial charge in [-0.25, -0.2) is 0 Å². The first-order valence-corrected chi connectivity index (χ1v) is 6.32. The first kappa shape index (κ1) is 14.7. The Hall–Kier alpha value is -1.35. The van der Waals surface area contributed by atoms with Crippen molar-refractivity contribution >= 4 is 5.78 Å². The van der Waals surface area contributed by atoms with Crippen molar-refractivity contribution in [1.82, 2.24) is 0 Å². The van der Waals surface area contributed by atoms with Crippen LogP contribution in [0.5, 0.6) is 5.75 Å². The normalized spacial score (nSPS) is 11.7. The smallest absolute Gasteiger partial charge is 0.194 e. The summed E-state index contributed by atoms with van der Waals surface area (Å²) >= 11 is 0. The van der Waals surface area contributed by atoms with Crippen LogP contribution in [0.2, 0.25) is 0 Å². The molecule has 0 aliphatic carbocycles. The lowest BCUT2D eigenvalue weighted by Gasteiger charge is -2.23. The molecule has 0 heterocycles. The quantitative estimate of drug-likeness (QED) is 0.725. The Morgan fingerprint density at radius 3 is 2.56 bits per heavy atom. The predicted molar refractivity (Wildman–Crippen MR) is 72.2 cm³/mol. The van der Waals surface area contributed by atoms with Crippen molar-refractivity contribution in [2.45, 2.75) is 46.3 Å². The number of carbonyl (C=O) groups excluding carboxylic acids is 1. The van der Waals surface area contributed by atoms with Crippen molar-refractivity contribution in [2.24, 2.45) is 0 Å². The summed E-state index contributed by atoms with van der Waals surface area (Å²) in [6, 6.07) is 7.23. The van der Waals surface area contributed by atoms with E-state index in [4.69, 9.17) is 9.47 Å². The molecule has 1 aromatic rings. The number of Topliss-reactive ketones (excluding diaryl/α,β-unsaturated/α-hetero) is 1.